The van der Waals surface area contributed by atoms with E-state index in [-0.39, 0.29) is 104 Å². The molecule has 0 aliphatic carbocycles. The molecule has 0 radical (unpaired) electrons. The third kappa shape index (κ3) is 22.5. The van der Waals surface area contributed by atoms with Crippen molar-refractivity contribution in [1.29, 1.82) is 0 Å². The number of carbonyl (C=O) groups excluding carboxylic acids is 3. The van der Waals surface area contributed by atoms with E-state index >= 15 is 0 Å². The summed E-state index contributed by atoms with van der Waals surface area (Å²) in [5.74, 6) is -0.943. The summed E-state index contributed by atoms with van der Waals surface area (Å²) in [7, 11) is -9.17. The molecule has 4 aliphatic heterocycles. The summed E-state index contributed by atoms with van der Waals surface area (Å²) in [5, 5.41) is -0.642. The van der Waals surface area contributed by atoms with Gasteiger partial charge in [-0.2, -0.15) is 0 Å². The van der Waals surface area contributed by atoms with Crippen molar-refractivity contribution < 1.29 is 69.7 Å². The highest BCUT2D eigenvalue weighted by Crippen LogP contribution is 2.49. The number of rotatable bonds is 31. The van der Waals surface area contributed by atoms with Crippen LogP contribution in [0.5, 0.6) is 0 Å². The number of hydrogen-bond donors (Lipinski definition) is 0. The van der Waals surface area contributed by atoms with Crippen LogP contribution in [0, 0.1) is 11.8 Å². The van der Waals surface area contributed by atoms with Crippen molar-refractivity contribution in [2.75, 3.05) is 20.8 Å². The Hall–Kier alpha value is -2.53. The summed E-state index contributed by atoms with van der Waals surface area (Å²) in [5.41, 5.74) is 2.47. The Morgan fingerprint density at radius 2 is 1.16 bits per heavy atom. The Kier molecular flexibility index (Phi) is 29.4. The van der Waals surface area contributed by atoms with Gasteiger partial charge in [-0.1, -0.05) is 154 Å². The number of esters is 2. The maximum Gasteiger partial charge on any atom is 0.338 e. The first-order valence-electron chi connectivity index (χ1n) is 36.3. The number of allylic oxidation sites excluding steroid dienone is 1. The van der Waals surface area contributed by atoms with Gasteiger partial charge in [0.25, 0.3) is 0 Å². The standard InChI is InChI=1S/C77H136O15Si5/c1-32-36-61-68(88-72(80)54-37-34-33-35-38-54)70(91-96(28,29)76(14,15)16)71(92-97(30,31)77(17,18)19)69(87-61)62(90-95(26,27)75(11,12)13)43-40-55(78)39-41-56-46-52(3)60(84-56)44-42-57-45-51(2)53(4)63(85-57)49-64-59(48-66(79)81-20)67(82-21)65(86-64)47-58(89-94(24,25)74(8,9)10)50-83-93(22,23)73(5,6)7/h32-35,37-38,40,43,51,56-65,67-71H,1,3-4,36,39,41-42,44-50H2,2,5-31H3/b43-40+/t51-,56?,57+,58+,59?,60+,61?,62+,63?,64?,65?,67-,68+,69+,70?,71?/m1/s1. The van der Waals surface area contributed by atoms with E-state index in [0.29, 0.717) is 44.3 Å². The quantitative estimate of drug-likeness (QED) is 0.0298. The minimum Gasteiger partial charge on any atom is -0.469 e. The molecule has 4 heterocycles. The molecule has 15 nitrogen and oxygen atoms in total. The summed E-state index contributed by atoms with van der Waals surface area (Å²) in [6.45, 7) is 71.7. The minimum absolute atomic E-state index is 0.0220. The highest BCUT2D eigenvalue weighted by molar-refractivity contribution is 6.76. The van der Waals surface area contributed by atoms with Crippen molar-refractivity contribution in [3.8, 4) is 0 Å². The lowest BCUT2D eigenvalue weighted by molar-refractivity contribution is -0.227. The molecule has 20 heteroatoms. The summed E-state index contributed by atoms with van der Waals surface area (Å²) in [4.78, 5) is 41.9. The summed E-state index contributed by atoms with van der Waals surface area (Å²) < 4.78 is 83.2. The van der Waals surface area contributed by atoms with Crippen LogP contribution in [-0.4, -0.2) is 166 Å². The van der Waals surface area contributed by atoms with Crippen LogP contribution in [0.4, 0.5) is 0 Å². The zero-order valence-electron chi connectivity index (χ0n) is 65.9. The average Bonchev–Trinajstić information content (AvgIpc) is 1.13. The first-order chi connectivity index (χ1) is 44.3. The first kappa shape index (κ1) is 85.1. The molecule has 0 spiro atoms. The van der Waals surface area contributed by atoms with Crippen LogP contribution in [0.3, 0.4) is 0 Å². The van der Waals surface area contributed by atoms with Gasteiger partial charge in [-0.05, 0) is 164 Å². The van der Waals surface area contributed by atoms with Crippen molar-refractivity contribution in [3.05, 3.63) is 85.0 Å². The van der Waals surface area contributed by atoms with Gasteiger partial charge in [0.2, 0.25) is 0 Å². The Morgan fingerprint density at radius 3 is 1.70 bits per heavy atom. The van der Waals surface area contributed by atoms with E-state index in [9.17, 15) is 14.4 Å². The second-order valence-electron chi connectivity index (χ2n) is 36.3. The van der Waals surface area contributed by atoms with Gasteiger partial charge >= 0.3 is 11.9 Å². The zero-order chi connectivity index (χ0) is 73.6. The maximum absolute atomic E-state index is 14.5. The molecular weight excluding hydrogens is 1310 g/mol. The van der Waals surface area contributed by atoms with Crippen LogP contribution in [0.15, 0.2) is 79.4 Å². The molecule has 0 N–H and O–H groups in total. The third-order valence-electron chi connectivity index (χ3n) is 23.8. The second kappa shape index (κ2) is 33.5. The van der Waals surface area contributed by atoms with Crippen molar-refractivity contribution in [2.24, 2.45) is 11.8 Å². The molecule has 5 rings (SSSR count). The van der Waals surface area contributed by atoms with Crippen molar-refractivity contribution in [3.63, 3.8) is 0 Å². The molecule has 0 saturated carbocycles. The highest BCUT2D eigenvalue weighted by atomic mass is 28.4. The van der Waals surface area contributed by atoms with E-state index in [1.54, 1.807) is 31.4 Å². The molecule has 4 fully saturated rings. The second-order valence-corrected chi connectivity index (χ2v) is 60.2. The molecule has 1 aromatic rings. The van der Waals surface area contributed by atoms with Gasteiger partial charge in [-0.3, -0.25) is 9.59 Å². The normalized spacial score (nSPS) is 28.5. The van der Waals surface area contributed by atoms with Gasteiger partial charge in [0, 0.05) is 32.3 Å². The Morgan fingerprint density at radius 1 is 0.619 bits per heavy atom. The molecule has 554 valence electrons. The number of methoxy groups -OCH3 is 2. The highest BCUT2D eigenvalue weighted by Gasteiger charge is 2.58. The molecule has 16 atom stereocenters. The summed E-state index contributed by atoms with van der Waals surface area (Å²) in [6.07, 6.45) is 3.94. The molecule has 0 bridgehead atoms. The molecule has 4 aliphatic rings. The van der Waals surface area contributed by atoms with E-state index in [1.165, 1.54) is 7.11 Å². The number of ketones is 1. The molecular formula is C77H136O15Si5. The minimum atomic E-state index is -2.66. The molecule has 0 amide bonds. The van der Waals surface area contributed by atoms with Crippen LogP contribution in [0.2, 0.25) is 90.7 Å². The first-order valence-corrected chi connectivity index (χ1v) is 50.9. The fourth-order valence-electron chi connectivity index (χ4n) is 12.2. The van der Waals surface area contributed by atoms with Crippen molar-refractivity contribution in [2.45, 2.75) is 351 Å². The Balaban J connectivity index is 1.36. The Bertz CT molecular complexity index is 2800. The fraction of sp³-hybridized carbons (Fsp3) is 0.779. The Labute approximate surface area is 594 Å². The number of ether oxygens (including phenoxy) is 7. The largest absolute Gasteiger partial charge is 0.469 e. The average molecular weight is 1440 g/mol. The zero-order valence-corrected chi connectivity index (χ0v) is 70.9. The lowest BCUT2D eigenvalue weighted by Crippen LogP contribution is -2.68. The van der Waals surface area contributed by atoms with Gasteiger partial charge in [0.15, 0.2) is 53.5 Å². The lowest BCUT2D eigenvalue weighted by atomic mass is 9.82. The van der Waals surface area contributed by atoms with Gasteiger partial charge in [-0.25, -0.2) is 4.79 Å². The molecule has 1 aromatic carbocycles. The summed E-state index contributed by atoms with van der Waals surface area (Å²) >= 11 is 0. The predicted octanol–water partition coefficient (Wildman–Crippen LogP) is 18.6. The van der Waals surface area contributed by atoms with Gasteiger partial charge in [0.05, 0.1) is 80.6 Å². The van der Waals surface area contributed by atoms with Gasteiger partial charge < -0.3 is 55.3 Å². The molecule has 4 saturated heterocycles. The molecule has 97 heavy (non-hydrogen) atoms. The van der Waals surface area contributed by atoms with Crippen LogP contribution in [0.1, 0.15) is 185 Å². The van der Waals surface area contributed by atoms with Crippen LogP contribution in [-0.2, 0) is 64.9 Å². The maximum atomic E-state index is 14.5. The monoisotopic (exact) mass is 1440 g/mol. The van der Waals surface area contributed by atoms with Crippen molar-refractivity contribution >= 4 is 59.3 Å². The predicted molar refractivity (Wildman–Crippen MR) is 406 cm³/mol. The topological polar surface area (TPSA) is 162 Å². The van der Waals surface area contributed by atoms with E-state index in [2.05, 4.69) is 196 Å². The van der Waals surface area contributed by atoms with Crippen LogP contribution < -0.4 is 0 Å². The van der Waals surface area contributed by atoms with E-state index in [1.807, 2.05) is 24.3 Å². The van der Waals surface area contributed by atoms with Crippen LogP contribution >= 0.6 is 0 Å². The fourth-order valence-corrected chi connectivity index (χ4v) is 18.4. The third-order valence-corrected chi connectivity index (χ3v) is 46.2. The molecule has 0 aromatic heterocycles. The van der Waals surface area contributed by atoms with E-state index in [0.717, 1.165) is 30.4 Å². The SMILES string of the molecule is C=CCC1O[C@@H]([C@H](/C=C/C(=O)CCC2CC(=C)[C@H](CC[C@H]3C[C@@H](C)C(=C)C(CC4OC(C[C@@H](CO[Si](C)(C)C(C)(C)C)O[Si](C)(C)C(C)(C)C)[C@H](OC)C4CC(=O)OC)O3)O2)O[Si](C)(C)C(C)(C)C)C(O[Si](C)(C)C(C)(C)C)C(O[Si](C)(C)C(C)(C)C)[C@H]1OC(=O)c1ccccc1. The number of carbonyl (C=O) groups is 3. The van der Waals surface area contributed by atoms with E-state index in [4.69, 9.17) is 55.3 Å². The lowest BCUT2D eigenvalue weighted by Gasteiger charge is -2.54. The number of hydrogen-bond acceptors (Lipinski definition) is 15. The molecule has 8 unspecified atom stereocenters. The smallest absolute Gasteiger partial charge is 0.338 e. The number of benzene rings is 1. The van der Waals surface area contributed by atoms with Crippen LogP contribution in [0.25, 0.3) is 0 Å². The van der Waals surface area contributed by atoms with E-state index < -0.39 is 90.3 Å². The van der Waals surface area contributed by atoms with Crippen molar-refractivity contribution in [1.82, 2.24) is 0 Å². The van der Waals surface area contributed by atoms with Gasteiger partial charge in [0.1, 0.15) is 24.4 Å². The van der Waals surface area contributed by atoms with Gasteiger partial charge in [-0.15, -0.1) is 6.58 Å². The summed E-state index contributed by atoms with van der Waals surface area (Å²) in [6, 6.07) is 9.04.